The molecule has 0 aliphatic carbocycles. The van der Waals surface area contributed by atoms with E-state index in [2.05, 4.69) is 44.5 Å². The predicted molar refractivity (Wildman–Crippen MR) is 77.0 cm³/mol. The Balaban J connectivity index is 2.49. The van der Waals surface area contributed by atoms with Crippen molar-refractivity contribution in [1.82, 2.24) is 15.0 Å². The normalized spacial score (nSPS) is 10.5. The minimum absolute atomic E-state index is 0.504. The van der Waals surface area contributed by atoms with Crippen LogP contribution in [0.25, 0.3) is 11.5 Å². The summed E-state index contributed by atoms with van der Waals surface area (Å²) in [4.78, 5) is 13.0. The quantitative estimate of drug-likeness (QED) is 0.619. The van der Waals surface area contributed by atoms with Crippen LogP contribution in [0.3, 0.4) is 0 Å². The lowest BCUT2D eigenvalue weighted by Gasteiger charge is -2.06. The molecule has 3 nitrogen and oxygen atoms in total. The van der Waals surface area contributed by atoms with Crippen LogP contribution in [0.1, 0.15) is 19.0 Å². The number of pyridine rings is 1. The zero-order valence-corrected chi connectivity index (χ0v) is 12.2. The molecule has 2 rings (SSSR count). The lowest BCUT2D eigenvalue weighted by molar-refractivity contribution is 0.865. The van der Waals surface area contributed by atoms with Crippen molar-refractivity contribution in [2.24, 2.45) is 0 Å². The number of aryl methyl sites for hydroxylation is 1. The highest BCUT2D eigenvalue weighted by molar-refractivity contribution is 14.1. The van der Waals surface area contributed by atoms with E-state index in [0.717, 1.165) is 27.8 Å². The van der Waals surface area contributed by atoms with Crippen LogP contribution in [0.15, 0.2) is 24.4 Å². The second kappa shape index (κ2) is 5.73. The van der Waals surface area contributed by atoms with Gasteiger partial charge in [0.05, 0.1) is 9.26 Å². The van der Waals surface area contributed by atoms with Crippen molar-refractivity contribution >= 4 is 34.2 Å². The summed E-state index contributed by atoms with van der Waals surface area (Å²) in [5.41, 5.74) is 1.75. The van der Waals surface area contributed by atoms with E-state index in [1.807, 2.05) is 18.2 Å². The van der Waals surface area contributed by atoms with Crippen LogP contribution in [0.4, 0.5) is 0 Å². The molecule has 0 bridgehead atoms. The Kier molecular flexibility index (Phi) is 4.28. The number of aromatic nitrogens is 3. The second-order valence-corrected chi connectivity index (χ2v) is 5.00. The van der Waals surface area contributed by atoms with Gasteiger partial charge in [0.25, 0.3) is 0 Å². The van der Waals surface area contributed by atoms with Gasteiger partial charge < -0.3 is 0 Å². The van der Waals surface area contributed by atoms with Gasteiger partial charge in [-0.15, -0.1) is 0 Å². The molecule has 0 amide bonds. The molecule has 2 aromatic heterocycles. The summed E-state index contributed by atoms with van der Waals surface area (Å²) in [6.07, 6.45) is 3.66. The minimum Gasteiger partial charge on any atom is -0.253 e. The molecule has 0 aromatic carbocycles. The molecule has 0 saturated heterocycles. The Hall–Kier alpha value is -0.750. The van der Waals surface area contributed by atoms with Crippen molar-refractivity contribution in [2.75, 3.05) is 0 Å². The first kappa shape index (κ1) is 12.7. The second-order valence-electron chi connectivity index (χ2n) is 3.56. The third kappa shape index (κ3) is 2.93. The summed E-state index contributed by atoms with van der Waals surface area (Å²) < 4.78 is 0.936. The molecular weight excluding hydrogens is 349 g/mol. The maximum absolute atomic E-state index is 6.12. The minimum atomic E-state index is 0.504. The van der Waals surface area contributed by atoms with Gasteiger partial charge in [-0.3, -0.25) is 4.98 Å². The first-order valence-corrected chi connectivity index (χ1v) is 6.81. The van der Waals surface area contributed by atoms with E-state index in [0.29, 0.717) is 11.0 Å². The third-order valence-corrected chi connectivity index (χ3v) is 3.99. The first-order chi connectivity index (χ1) is 8.22. The van der Waals surface area contributed by atoms with Crippen LogP contribution in [-0.2, 0) is 6.42 Å². The SMILES string of the molecule is CCCc1nc(-c2ccccn2)nc(Cl)c1I. The fourth-order valence-corrected chi connectivity index (χ4v) is 2.18. The van der Waals surface area contributed by atoms with Crippen molar-refractivity contribution in [3.05, 3.63) is 38.8 Å². The molecule has 0 saturated carbocycles. The van der Waals surface area contributed by atoms with E-state index < -0.39 is 0 Å². The summed E-state index contributed by atoms with van der Waals surface area (Å²) in [5.74, 6) is 0.597. The van der Waals surface area contributed by atoms with E-state index in [1.165, 1.54) is 0 Å². The Labute approximate surface area is 119 Å². The molecule has 0 spiro atoms. The highest BCUT2D eigenvalue weighted by Gasteiger charge is 2.11. The maximum atomic E-state index is 6.12. The molecule has 0 unspecified atom stereocenters. The average Bonchev–Trinajstić information content (AvgIpc) is 2.36. The topological polar surface area (TPSA) is 38.7 Å². The van der Waals surface area contributed by atoms with Crippen molar-refractivity contribution < 1.29 is 0 Å². The number of rotatable bonds is 3. The van der Waals surface area contributed by atoms with E-state index in [1.54, 1.807) is 6.20 Å². The summed E-state index contributed by atoms with van der Waals surface area (Å²) in [6.45, 7) is 2.12. The summed E-state index contributed by atoms with van der Waals surface area (Å²) in [6, 6.07) is 5.66. The standard InChI is InChI=1S/C12H11ClIN3/c1-2-5-8-10(14)11(13)17-12(16-8)9-6-3-4-7-15-9/h3-4,6-7H,2,5H2,1H3. The Morgan fingerprint density at radius 2 is 2.12 bits per heavy atom. The van der Waals surface area contributed by atoms with Gasteiger partial charge in [-0.2, -0.15) is 0 Å². The maximum Gasteiger partial charge on any atom is 0.179 e. The smallest absolute Gasteiger partial charge is 0.179 e. The van der Waals surface area contributed by atoms with Crippen LogP contribution in [-0.4, -0.2) is 15.0 Å². The van der Waals surface area contributed by atoms with Gasteiger partial charge in [0.15, 0.2) is 5.82 Å². The lowest BCUT2D eigenvalue weighted by Crippen LogP contribution is -2.01. The third-order valence-electron chi connectivity index (χ3n) is 2.26. The van der Waals surface area contributed by atoms with Crippen molar-refractivity contribution in [3.63, 3.8) is 0 Å². The Morgan fingerprint density at radius 1 is 1.29 bits per heavy atom. The highest BCUT2D eigenvalue weighted by atomic mass is 127. The largest absolute Gasteiger partial charge is 0.253 e. The predicted octanol–water partition coefficient (Wildman–Crippen LogP) is 3.75. The summed E-state index contributed by atoms with van der Waals surface area (Å²) in [7, 11) is 0. The fourth-order valence-electron chi connectivity index (χ4n) is 1.48. The van der Waals surface area contributed by atoms with Crippen LogP contribution < -0.4 is 0 Å². The summed E-state index contributed by atoms with van der Waals surface area (Å²) >= 11 is 8.31. The number of hydrogen-bond acceptors (Lipinski definition) is 3. The van der Waals surface area contributed by atoms with Crippen molar-refractivity contribution in [1.29, 1.82) is 0 Å². The molecule has 0 aliphatic heterocycles. The summed E-state index contributed by atoms with van der Waals surface area (Å²) in [5, 5.41) is 0.504. The van der Waals surface area contributed by atoms with E-state index >= 15 is 0 Å². The molecule has 5 heteroatoms. The molecule has 2 aromatic rings. The number of nitrogens with zero attached hydrogens (tertiary/aromatic N) is 3. The molecule has 0 radical (unpaired) electrons. The van der Waals surface area contributed by atoms with Crippen molar-refractivity contribution in [2.45, 2.75) is 19.8 Å². The molecule has 17 heavy (non-hydrogen) atoms. The van der Waals surface area contributed by atoms with Gasteiger partial charge in [0, 0.05) is 6.20 Å². The highest BCUT2D eigenvalue weighted by Crippen LogP contribution is 2.23. The molecular formula is C12H11ClIN3. The zero-order valence-electron chi connectivity index (χ0n) is 9.32. The Morgan fingerprint density at radius 3 is 2.76 bits per heavy atom. The van der Waals surface area contributed by atoms with Crippen molar-refractivity contribution in [3.8, 4) is 11.5 Å². The number of hydrogen-bond donors (Lipinski definition) is 0. The van der Waals surface area contributed by atoms with Gasteiger partial charge in [0.1, 0.15) is 10.8 Å². The molecule has 2 heterocycles. The lowest BCUT2D eigenvalue weighted by atomic mass is 10.2. The molecule has 0 aliphatic rings. The van der Waals surface area contributed by atoms with Gasteiger partial charge in [-0.1, -0.05) is 31.0 Å². The van der Waals surface area contributed by atoms with E-state index in [4.69, 9.17) is 11.6 Å². The van der Waals surface area contributed by atoms with Gasteiger partial charge >= 0.3 is 0 Å². The molecule has 0 fully saturated rings. The number of halogens is 2. The monoisotopic (exact) mass is 359 g/mol. The first-order valence-electron chi connectivity index (χ1n) is 5.35. The average molecular weight is 360 g/mol. The van der Waals surface area contributed by atoms with Gasteiger partial charge in [-0.05, 0) is 41.1 Å². The van der Waals surface area contributed by atoms with Crippen LogP contribution in [0, 0.1) is 3.57 Å². The molecule has 88 valence electrons. The van der Waals surface area contributed by atoms with E-state index in [-0.39, 0.29) is 0 Å². The zero-order chi connectivity index (χ0) is 12.3. The van der Waals surface area contributed by atoms with Crippen LogP contribution in [0.5, 0.6) is 0 Å². The van der Waals surface area contributed by atoms with Gasteiger partial charge in [0.2, 0.25) is 0 Å². The van der Waals surface area contributed by atoms with E-state index in [9.17, 15) is 0 Å². The van der Waals surface area contributed by atoms with Gasteiger partial charge in [-0.25, -0.2) is 9.97 Å². The van der Waals surface area contributed by atoms with Crippen LogP contribution in [0.2, 0.25) is 5.15 Å². The Bertz CT molecular complexity index is 517. The molecule has 0 atom stereocenters. The fraction of sp³-hybridized carbons (Fsp3) is 0.250. The molecule has 0 N–H and O–H groups in total. The van der Waals surface area contributed by atoms with Crippen LogP contribution >= 0.6 is 34.2 Å².